The summed E-state index contributed by atoms with van der Waals surface area (Å²) in [6.45, 7) is 9.01. The zero-order valence-electron chi connectivity index (χ0n) is 25.0. The molecule has 0 aliphatic carbocycles. The van der Waals surface area contributed by atoms with E-state index in [1.54, 1.807) is 31.4 Å². The Morgan fingerprint density at radius 2 is 1.51 bits per heavy atom. The van der Waals surface area contributed by atoms with Crippen LogP contribution in [0.4, 0.5) is 5.69 Å². The van der Waals surface area contributed by atoms with Crippen molar-refractivity contribution in [1.29, 1.82) is 0 Å². The zero-order chi connectivity index (χ0) is 30.4. The Hall–Kier alpha value is -3.85. The van der Waals surface area contributed by atoms with E-state index in [0.717, 1.165) is 32.8 Å². The number of aryl methyl sites for hydroxylation is 2. The standard InChI is InChI=1S/C32H41N3O5S/c1-23-16-24(2)18-27(17-23)35(41(7,38)39)22-30(36)34(21-26-14-11-15-28(19-26)40-6)29(31(37)33-32(3,4)5)20-25-12-9-8-10-13-25/h8-19,29H,20-22H2,1-7H3,(H,33,37)/t29-/m1/s1. The lowest BCUT2D eigenvalue weighted by atomic mass is 10.0. The van der Waals surface area contributed by atoms with Crippen molar-refractivity contribution in [2.45, 2.75) is 59.2 Å². The van der Waals surface area contributed by atoms with Gasteiger partial charge in [-0.1, -0.05) is 48.5 Å². The van der Waals surface area contributed by atoms with E-state index in [9.17, 15) is 18.0 Å². The van der Waals surface area contributed by atoms with Crippen LogP contribution >= 0.6 is 0 Å². The molecule has 8 nitrogen and oxygen atoms in total. The van der Waals surface area contributed by atoms with Crippen molar-refractivity contribution >= 4 is 27.5 Å². The van der Waals surface area contributed by atoms with Crippen LogP contribution in [0.2, 0.25) is 0 Å². The number of carbonyl (C=O) groups excluding carboxylic acids is 2. The molecule has 3 rings (SSSR count). The average molecular weight is 580 g/mol. The molecule has 0 radical (unpaired) electrons. The van der Waals surface area contributed by atoms with Gasteiger partial charge in [-0.2, -0.15) is 0 Å². The number of rotatable bonds is 11. The minimum Gasteiger partial charge on any atom is -0.497 e. The molecule has 2 amide bonds. The van der Waals surface area contributed by atoms with Gasteiger partial charge in [0.1, 0.15) is 18.3 Å². The molecule has 1 atom stereocenters. The van der Waals surface area contributed by atoms with Gasteiger partial charge in [0.2, 0.25) is 21.8 Å². The van der Waals surface area contributed by atoms with Crippen LogP contribution in [0.5, 0.6) is 5.75 Å². The number of hydrogen-bond donors (Lipinski definition) is 1. The van der Waals surface area contributed by atoms with E-state index in [4.69, 9.17) is 4.74 Å². The van der Waals surface area contributed by atoms with Gasteiger partial charge in [0.25, 0.3) is 0 Å². The minimum atomic E-state index is -3.83. The molecule has 1 N–H and O–H groups in total. The largest absolute Gasteiger partial charge is 0.497 e. The van der Waals surface area contributed by atoms with Gasteiger partial charge in [-0.15, -0.1) is 0 Å². The number of nitrogens with zero attached hydrogens (tertiary/aromatic N) is 2. The third-order valence-corrected chi connectivity index (χ3v) is 7.57. The first-order valence-electron chi connectivity index (χ1n) is 13.5. The molecule has 9 heteroatoms. The number of nitrogens with one attached hydrogen (secondary N) is 1. The third kappa shape index (κ3) is 9.35. The van der Waals surface area contributed by atoms with E-state index in [1.165, 1.54) is 4.90 Å². The van der Waals surface area contributed by atoms with Crippen LogP contribution in [0, 0.1) is 13.8 Å². The second-order valence-corrected chi connectivity index (χ2v) is 13.3. The molecular formula is C32H41N3O5S. The lowest BCUT2D eigenvalue weighted by molar-refractivity contribution is -0.140. The topological polar surface area (TPSA) is 96.0 Å². The molecule has 0 unspecified atom stereocenters. The lowest BCUT2D eigenvalue weighted by Gasteiger charge is -2.35. The normalized spacial score (nSPS) is 12.4. The molecule has 3 aromatic rings. The quantitative estimate of drug-likeness (QED) is 0.357. The van der Waals surface area contributed by atoms with Gasteiger partial charge >= 0.3 is 0 Å². The van der Waals surface area contributed by atoms with Crippen LogP contribution < -0.4 is 14.4 Å². The molecule has 3 aromatic carbocycles. The Labute approximate surface area is 244 Å². The maximum absolute atomic E-state index is 14.2. The number of carbonyl (C=O) groups is 2. The van der Waals surface area contributed by atoms with Crippen LogP contribution in [-0.4, -0.2) is 56.6 Å². The first kappa shape index (κ1) is 31.7. The molecule has 0 aliphatic rings. The van der Waals surface area contributed by atoms with Gasteiger partial charge in [0.15, 0.2) is 0 Å². The SMILES string of the molecule is COc1cccc(CN(C(=O)CN(c2cc(C)cc(C)c2)S(C)(=O)=O)[C@H](Cc2ccccc2)C(=O)NC(C)(C)C)c1. The number of methoxy groups -OCH3 is 1. The van der Waals surface area contributed by atoms with Gasteiger partial charge in [-0.3, -0.25) is 13.9 Å². The predicted octanol–water partition coefficient (Wildman–Crippen LogP) is 4.63. The Morgan fingerprint density at radius 3 is 2.07 bits per heavy atom. The van der Waals surface area contributed by atoms with Crippen LogP contribution in [0.25, 0.3) is 0 Å². The van der Waals surface area contributed by atoms with Crippen molar-refractivity contribution in [2.75, 3.05) is 24.2 Å². The maximum atomic E-state index is 14.2. The number of anilines is 1. The number of benzene rings is 3. The van der Waals surface area contributed by atoms with Crippen LogP contribution in [0.15, 0.2) is 72.8 Å². The molecule has 0 saturated carbocycles. The zero-order valence-corrected chi connectivity index (χ0v) is 25.8. The highest BCUT2D eigenvalue weighted by atomic mass is 32.2. The fourth-order valence-corrected chi connectivity index (χ4v) is 5.52. The first-order chi connectivity index (χ1) is 19.2. The highest BCUT2D eigenvalue weighted by Crippen LogP contribution is 2.24. The van der Waals surface area contributed by atoms with E-state index < -0.39 is 34.1 Å². The summed E-state index contributed by atoms with van der Waals surface area (Å²) in [6.07, 6.45) is 1.33. The molecule has 0 heterocycles. The summed E-state index contributed by atoms with van der Waals surface area (Å²) < 4.78 is 32.5. The van der Waals surface area contributed by atoms with Crippen molar-refractivity contribution in [2.24, 2.45) is 0 Å². The van der Waals surface area contributed by atoms with Gasteiger partial charge in [0, 0.05) is 18.5 Å². The Balaban J connectivity index is 2.11. The summed E-state index contributed by atoms with van der Waals surface area (Å²) in [5.74, 6) is -0.209. The van der Waals surface area contributed by atoms with E-state index in [-0.39, 0.29) is 18.9 Å². The maximum Gasteiger partial charge on any atom is 0.244 e. The number of ether oxygens (including phenoxy) is 1. The van der Waals surface area contributed by atoms with Gasteiger partial charge in [-0.25, -0.2) is 8.42 Å². The van der Waals surface area contributed by atoms with E-state index >= 15 is 0 Å². The van der Waals surface area contributed by atoms with Crippen molar-refractivity contribution in [3.05, 3.63) is 95.1 Å². The highest BCUT2D eigenvalue weighted by Gasteiger charge is 2.34. The molecule has 0 bridgehead atoms. The van der Waals surface area contributed by atoms with E-state index in [0.29, 0.717) is 11.4 Å². The summed E-state index contributed by atoms with van der Waals surface area (Å²) in [5, 5.41) is 3.02. The number of sulfonamides is 1. The predicted molar refractivity (Wildman–Crippen MR) is 163 cm³/mol. The number of amides is 2. The Bertz CT molecular complexity index is 1450. The summed E-state index contributed by atoms with van der Waals surface area (Å²) >= 11 is 0. The highest BCUT2D eigenvalue weighted by molar-refractivity contribution is 7.92. The second-order valence-electron chi connectivity index (χ2n) is 11.4. The summed E-state index contributed by atoms with van der Waals surface area (Å²) in [6, 6.07) is 21.2. The fourth-order valence-electron chi connectivity index (χ4n) is 4.68. The monoisotopic (exact) mass is 579 g/mol. The Morgan fingerprint density at radius 1 is 0.902 bits per heavy atom. The molecule has 0 saturated heterocycles. The van der Waals surface area contributed by atoms with Crippen molar-refractivity contribution < 1.29 is 22.7 Å². The molecular weight excluding hydrogens is 538 g/mol. The lowest BCUT2D eigenvalue weighted by Crippen LogP contribution is -2.56. The van der Waals surface area contributed by atoms with Gasteiger partial charge in [0.05, 0.1) is 19.1 Å². The molecule has 0 spiro atoms. The van der Waals surface area contributed by atoms with Crippen molar-refractivity contribution in [3.63, 3.8) is 0 Å². The Kier molecular flexibility index (Phi) is 10.2. The van der Waals surface area contributed by atoms with Crippen molar-refractivity contribution in [1.82, 2.24) is 10.2 Å². The van der Waals surface area contributed by atoms with E-state index in [2.05, 4.69) is 5.32 Å². The second kappa shape index (κ2) is 13.2. The summed E-state index contributed by atoms with van der Waals surface area (Å²) in [7, 11) is -2.27. The van der Waals surface area contributed by atoms with E-state index in [1.807, 2.05) is 83.1 Å². The first-order valence-corrected chi connectivity index (χ1v) is 15.4. The average Bonchev–Trinajstić information content (AvgIpc) is 2.87. The van der Waals surface area contributed by atoms with Gasteiger partial charge in [-0.05, 0) is 81.1 Å². The minimum absolute atomic E-state index is 0.0789. The van der Waals surface area contributed by atoms with Crippen LogP contribution in [0.1, 0.15) is 43.0 Å². The molecule has 41 heavy (non-hydrogen) atoms. The van der Waals surface area contributed by atoms with Crippen molar-refractivity contribution in [3.8, 4) is 5.75 Å². The molecule has 0 aromatic heterocycles. The molecule has 0 fully saturated rings. The van der Waals surface area contributed by atoms with Crippen LogP contribution in [-0.2, 0) is 32.6 Å². The summed E-state index contributed by atoms with van der Waals surface area (Å²) in [5.41, 5.74) is 3.23. The fraction of sp³-hybridized carbons (Fsp3) is 0.375. The molecule has 0 aliphatic heterocycles. The third-order valence-electron chi connectivity index (χ3n) is 6.43. The van der Waals surface area contributed by atoms with Gasteiger partial charge < -0.3 is 15.0 Å². The number of hydrogen-bond acceptors (Lipinski definition) is 5. The smallest absolute Gasteiger partial charge is 0.244 e. The summed E-state index contributed by atoms with van der Waals surface area (Å²) in [4.78, 5) is 29.5. The molecule has 220 valence electrons. The van der Waals surface area contributed by atoms with Crippen LogP contribution in [0.3, 0.4) is 0 Å².